The van der Waals surface area contributed by atoms with Gasteiger partial charge >= 0.3 is 0 Å². The lowest BCUT2D eigenvalue weighted by molar-refractivity contribution is -0.128. The van der Waals surface area contributed by atoms with E-state index in [0.717, 1.165) is 36.1 Å². The summed E-state index contributed by atoms with van der Waals surface area (Å²) in [5, 5.41) is 0.864. The van der Waals surface area contributed by atoms with Crippen LogP contribution in [0, 0.1) is 0 Å². The first-order valence-electron chi connectivity index (χ1n) is 10.8. The molecule has 6 heteroatoms. The average molecular weight is 422 g/mol. The number of hydrogen-bond acceptors (Lipinski definition) is 4. The first-order chi connectivity index (χ1) is 13.7. The van der Waals surface area contributed by atoms with E-state index in [1.165, 1.54) is 58.3 Å². The maximum atomic E-state index is 12.4. The third-order valence-corrected chi connectivity index (χ3v) is 7.96. The van der Waals surface area contributed by atoms with Crippen molar-refractivity contribution in [3.05, 3.63) is 34.9 Å². The van der Waals surface area contributed by atoms with Gasteiger partial charge in [0.2, 0.25) is 5.91 Å². The van der Waals surface area contributed by atoms with Crippen molar-refractivity contribution < 1.29 is 4.79 Å². The van der Waals surface area contributed by atoms with Crippen LogP contribution in [-0.2, 0) is 4.79 Å². The van der Waals surface area contributed by atoms with Crippen molar-refractivity contribution in [2.24, 2.45) is 0 Å². The number of rotatable bonds is 6. The molecular formula is C22H32ClN3OS. The Balaban J connectivity index is 1.23. The lowest BCUT2D eigenvalue weighted by Crippen LogP contribution is -2.51. The molecule has 1 unspecified atom stereocenters. The van der Waals surface area contributed by atoms with E-state index in [0.29, 0.717) is 5.75 Å². The SMILES string of the molecule is O=C1CSC(c2cccc(Cl)c2)N1CCCN1CCN(C2CCCCC2)CC1. The summed E-state index contributed by atoms with van der Waals surface area (Å²) in [6, 6.07) is 8.79. The maximum Gasteiger partial charge on any atom is 0.233 e. The molecule has 0 radical (unpaired) electrons. The molecule has 1 atom stereocenters. The van der Waals surface area contributed by atoms with E-state index >= 15 is 0 Å². The van der Waals surface area contributed by atoms with Gasteiger partial charge < -0.3 is 9.80 Å². The van der Waals surface area contributed by atoms with E-state index in [-0.39, 0.29) is 11.3 Å². The Kier molecular flexibility index (Phi) is 7.21. The van der Waals surface area contributed by atoms with Crippen LogP contribution in [0.2, 0.25) is 5.02 Å². The van der Waals surface area contributed by atoms with Crippen LogP contribution in [0.25, 0.3) is 0 Å². The third-order valence-electron chi connectivity index (χ3n) is 6.47. The van der Waals surface area contributed by atoms with Gasteiger partial charge in [0.1, 0.15) is 5.37 Å². The molecule has 28 heavy (non-hydrogen) atoms. The highest BCUT2D eigenvalue weighted by atomic mass is 35.5. The minimum atomic E-state index is 0.120. The van der Waals surface area contributed by atoms with E-state index < -0.39 is 0 Å². The number of amides is 1. The standard InChI is InChI=1S/C22H32ClN3OS/c23-19-7-4-6-18(16-19)22-26(21(27)17-28-22)11-5-10-24-12-14-25(15-13-24)20-8-2-1-3-9-20/h4,6-7,16,20,22H,1-3,5,8-15,17H2. The van der Waals surface area contributed by atoms with Crippen LogP contribution in [-0.4, -0.2) is 71.7 Å². The average Bonchev–Trinajstić information content (AvgIpc) is 3.10. The summed E-state index contributed by atoms with van der Waals surface area (Å²) < 4.78 is 0. The fraction of sp³-hybridized carbons (Fsp3) is 0.682. The highest BCUT2D eigenvalue weighted by molar-refractivity contribution is 8.00. The Morgan fingerprint density at radius 1 is 1.04 bits per heavy atom. The van der Waals surface area contributed by atoms with Crippen LogP contribution < -0.4 is 0 Å². The number of piperazine rings is 1. The molecule has 2 saturated heterocycles. The van der Waals surface area contributed by atoms with Crippen molar-refractivity contribution >= 4 is 29.3 Å². The van der Waals surface area contributed by atoms with E-state index in [2.05, 4.69) is 20.8 Å². The van der Waals surface area contributed by atoms with Crippen LogP contribution in [0.3, 0.4) is 0 Å². The van der Waals surface area contributed by atoms with Crippen molar-refractivity contribution in [3.63, 3.8) is 0 Å². The molecule has 4 rings (SSSR count). The molecule has 1 amide bonds. The summed E-state index contributed by atoms with van der Waals surface area (Å²) in [6.45, 7) is 6.72. The van der Waals surface area contributed by atoms with Gasteiger partial charge in [-0.25, -0.2) is 0 Å². The van der Waals surface area contributed by atoms with E-state index in [1.807, 2.05) is 18.2 Å². The molecule has 0 aromatic heterocycles. The Morgan fingerprint density at radius 3 is 2.57 bits per heavy atom. The van der Waals surface area contributed by atoms with Gasteiger partial charge in [-0.05, 0) is 43.5 Å². The number of halogens is 1. The van der Waals surface area contributed by atoms with Crippen molar-refractivity contribution in [3.8, 4) is 0 Å². The smallest absolute Gasteiger partial charge is 0.233 e. The van der Waals surface area contributed by atoms with Gasteiger partial charge in [0.15, 0.2) is 0 Å². The Bertz CT molecular complexity index is 659. The predicted octanol–water partition coefficient (Wildman–Crippen LogP) is 4.25. The second-order valence-corrected chi connectivity index (χ2v) is 9.83. The molecule has 1 aromatic rings. The summed E-state index contributed by atoms with van der Waals surface area (Å²) in [7, 11) is 0. The predicted molar refractivity (Wildman–Crippen MR) is 118 cm³/mol. The molecule has 1 aliphatic carbocycles. The number of nitrogens with zero attached hydrogens (tertiary/aromatic N) is 3. The van der Waals surface area contributed by atoms with Crippen molar-refractivity contribution in [2.75, 3.05) is 45.0 Å². The zero-order chi connectivity index (χ0) is 19.3. The van der Waals surface area contributed by atoms with Crippen molar-refractivity contribution in [1.82, 2.24) is 14.7 Å². The second kappa shape index (κ2) is 9.84. The highest BCUT2D eigenvalue weighted by Gasteiger charge is 2.32. The molecule has 0 spiro atoms. The third kappa shape index (κ3) is 5.05. The van der Waals surface area contributed by atoms with Crippen LogP contribution in [0.15, 0.2) is 24.3 Å². The second-order valence-electron chi connectivity index (χ2n) is 8.33. The molecule has 4 nitrogen and oxygen atoms in total. The molecule has 2 heterocycles. The van der Waals surface area contributed by atoms with Gasteiger partial charge in [-0.2, -0.15) is 0 Å². The lowest BCUT2D eigenvalue weighted by atomic mass is 9.94. The van der Waals surface area contributed by atoms with E-state index in [1.54, 1.807) is 11.8 Å². The van der Waals surface area contributed by atoms with Crippen molar-refractivity contribution in [1.29, 1.82) is 0 Å². The fourth-order valence-corrected chi connectivity index (χ4v) is 6.30. The Labute approximate surface area is 178 Å². The molecule has 154 valence electrons. The zero-order valence-electron chi connectivity index (χ0n) is 16.7. The first kappa shape index (κ1) is 20.5. The lowest BCUT2D eigenvalue weighted by Gasteiger charge is -2.41. The number of benzene rings is 1. The summed E-state index contributed by atoms with van der Waals surface area (Å²) in [5.74, 6) is 0.842. The number of carbonyl (C=O) groups excluding carboxylic acids is 1. The number of thioether (sulfide) groups is 1. The summed E-state index contributed by atoms with van der Waals surface area (Å²) in [5.41, 5.74) is 1.14. The molecule has 0 bridgehead atoms. The summed E-state index contributed by atoms with van der Waals surface area (Å²) in [4.78, 5) is 19.8. The topological polar surface area (TPSA) is 26.8 Å². The number of carbonyl (C=O) groups is 1. The summed E-state index contributed by atoms with van der Waals surface area (Å²) in [6.07, 6.45) is 8.12. The van der Waals surface area contributed by atoms with Crippen LogP contribution in [0.1, 0.15) is 49.5 Å². The zero-order valence-corrected chi connectivity index (χ0v) is 18.3. The molecule has 3 aliphatic rings. The molecule has 1 aromatic carbocycles. The molecule has 1 saturated carbocycles. The molecule has 3 fully saturated rings. The van der Waals surface area contributed by atoms with Gasteiger partial charge in [-0.3, -0.25) is 9.69 Å². The first-order valence-corrected chi connectivity index (χ1v) is 12.3. The van der Waals surface area contributed by atoms with Crippen LogP contribution in [0.4, 0.5) is 0 Å². The van der Waals surface area contributed by atoms with Gasteiger partial charge in [-0.1, -0.05) is 43.0 Å². The number of hydrogen-bond donors (Lipinski definition) is 0. The minimum Gasteiger partial charge on any atom is -0.326 e. The Morgan fingerprint density at radius 2 is 1.82 bits per heavy atom. The van der Waals surface area contributed by atoms with Crippen LogP contribution in [0.5, 0.6) is 0 Å². The molecule has 0 N–H and O–H groups in total. The van der Waals surface area contributed by atoms with Gasteiger partial charge in [0.05, 0.1) is 5.75 Å². The van der Waals surface area contributed by atoms with Gasteiger partial charge in [0.25, 0.3) is 0 Å². The maximum absolute atomic E-state index is 12.4. The fourth-order valence-electron chi connectivity index (χ4n) is 4.90. The van der Waals surface area contributed by atoms with Crippen LogP contribution >= 0.6 is 23.4 Å². The molecule has 2 aliphatic heterocycles. The monoisotopic (exact) mass is 421 g/mol. The van der Waals surface area contributed by atoms with Crippen molar-refractivity contribution in [2.45, 2.75) is 49.9 Å². The van der Waals surface area contributed by atoms with E-state index in [4.69, 9.17) is 11.6 Å². The normalized spacial score (nSPS) is 25.5. The van der Waals surface area contributed by atoms with E-state index in [9.17, 15) is 4.79 Å². The molecular weight excluding hydrogens is 390 g/mol. The highest BCUT2D eigenvalue weighted by Crippen LogP contribution is 2.39. The quantitative estimate of drug-likeness (QED) is 0.685. The minimum absolute atomic E-state index is 0.120. The van der Waals surface area contributed by atoms with Gasteiger partial charge in [-0.15, -0.1) is 11.8 Å². The largest absolute Gasteiger partial charge is 0.326 e. The van der Waals surface area contributed by atoms with Gasteiger partial charge in [0, 0.05) is 43.8 Å². The summed E-state index contributed by atoms with van der Waals surface area (Å²) >= 11 is 7.88. The Hall–Kier alpha value is -0.750.